The molecule has 0 saturated heterocycles. The standard InChI is InChI=1S/C9H12N6O2/c1-5(4-6(10)16)11-7-2-3-8-12-13-9(17)15(8)14-7/h2-3,5H,4H2,1H3,(H2,10,16)(H,11,14)(H,13,17). The Morgan fingerprint density at radius 2 is 2.41 bits per heavy atom. The summed E-state index contributed by atoms with van der Waals surface area (Å²) in [6.45, 7) is 1.80. The zero-order chi connectivity index (χ0) is 12.4. The summed E-state index contributed by atoms with van der Waals surface area (Å²) >= 11 is 0. The number of H-pyrrole nitrogens is 1. The molecule has 8 nitrogen and oxygen atoms in total. The highest BCUT2D eigenvalue weighted by Gasteiger charge is 2.08. The first kappa shape index (κ1) is 11.1. The van der Waals surface area contributed by atoms with E-state index in [-0.39, 0.29) is 12.5 Å². The number of carbonyl (C=O) groups excluding carboxylic acids is 1. The van der Waals surface area contributed by atoms with Gasteiger partial charge in [0.15, 0.2) is 5.65 Å². The summed E-state index contributed by atoms with van der Waals surface area (Å²) in [7, 11) is 0. The second kappa shape index (κ2) is 4.24. The number of amides is 1. The number of aromatic nitrogens is 4. The summed E-state index contributed by atoms with van der Waals surface area (Å²) < 4.78 is 1.14. The molecule has 2 aromatic rings. The van der Waals surface area contributed by atoms with Gasteiger partial charge in [0.05, 0.1) is 0 Å². The van der Waals surface area contributed by atoms with Gasteiger partial charge in [0.25, 0.3) is 0 Å². The van der Waals surface area contributed by atoms with E-state index >= 15 is 0 Å². The van der Waals surface area contributed by atoms with Crippen LogP contribution in [0.2, 0.25) is 0 Å². The van der Waals surface area contributed by atoms with Gasteiger partial charge in [0.2, 0.25) is 5.91 Å². The SMILES string of the molecule is CC(CC(N)=O)Nc1ccc2n[nH]c(=O)n2n1. The topological polar surface area (TPSA) is 118 Å². The van der Waals surface area contributed by atoms with Crippen molar-refractivity contribution in [2.75, 3.05) is 5.32 Å². The minimum atomic E-state index is -0.411. The molecule has 2 aromatic heterocycles. The van der Waals surface area contributed by atoms with E-state index in [1.165, 1.54) is 0 Å². The Bertz CT molecular complexity index is 601. The van der Waals surface area contributed by atoms with E-state index in [0.717, 1.165) is 4.52 Å². The van der Waals surface area contributed by atoms with Crippen LogP contribution in [-0.4, -0.2) is 31.8 Å². The van der Waals surface area contributed by atoms with Gasteiger partial charge in [-0.15, -0.1) is 5.10 Å². The Morgan fingerprint density at radius 1 is 1.65 bits per heavy atom. The van der Waals surface area contributed by atoms with Crippen LogP contribution in [0.1, 0.15) is 13.3 Å². The predicted molar refractivity (Wildman–Crippen MR) is 60.5 cm³/mol. The van der Waals surface area contributed by atoms with E-state index < -0.39 is 11.6 Å². The maximum atomic E-state index is 11.3. The van der Waals surface area contributed by atoms with Gasteiger partial charge in [-0.25, -0.2) is 9.89 Å². The molecule has 0 aliphatic carbocycles. The first-order valence-electron chi connectivity index (χ1n) is 5.05. The van der Waals surface area contributed by atoms with Gasteiger partial charge in [0, 0.05) is 12.5 Å². The molecule has 17 heavy (non-hydrogen) atoms. The molecule has 4 N–H and O–H groups in total. The molecule has 1 atom stereocenters. The average Bonchev–Trinajstić information content (AvgIpc) is 2.59. The third kappa shape index (κ3) is 2.41. The minimum Gasteiger partial charge on any atom is -0.370 e. The second-order valence-corrected chi connectivity index (χ2v) is 3.73. The molecule has 0 spiro atoms. The van der Waals surface area contributed by atoms with E-state index in [4.69, 9.17) is 5.73 Å². The Morgan fingerprint density at radius 3 is 3.12 bits per heavy atom. The van der Waals surface area contributed by atoms with Crippen molar-refractivity contribution in [3.05, 3.63) is 22.6 Å². The molecular formula is C9H12N6O2. The number of anilines is 1. The summed E-state index contributed by atoms with van der Waals surface area (Å²) in [5.41, 5.74) is 5.10. The zero-order valence-electron chi connectivity index (χ0n) is 9.17. The van der Waals surface area contributed by atoms with E-state index in [2.05, 4.69) is 20.6 Å². The van der Waals surface area contributed by atoms with Crippen LogP contribution < -0.4 is 16.7 Å². The minimum absolute atomic E-state index is 0.153. The third-order valence-corrected chi connectivity index (χ3v) is 2.18. The molecule has 8 heteroatoms. The summed E-state index contributed by atoms with van der Waals surface area (Å²) in [5, 5.41) is 13.0. The monoisotopic (exact) mass is 236 g/mol. The molecule has 0 aromatic carbocycles. The van der Waals surface area contributed by atoms with Gasteiger partial charge in [-0.2, -0.15) is 9.61 Å². The molecule has 1 amide bonds. The summed E-state index contributed by atoms with van der Waals surface area (Å²) in [4.78, 5) is 22.0. The Hall–Kier alpha value is -2.38. The maximum Gasteiger partial charge on any atom is 0.364 e. The van der Waals surface area contributed by atoms with Crippen LogP contribution in [0.5, 0.6) is 0 Å². The Balaban J connectivity index is 2.21. The quantitative estimate of drug-likeness (QED) is 0.635. The van der Waals surface area contributed by atoms with E-state index in [0.29, 0.717) is 11.5 Å². The van der Waals surface area contributed by atoms with Gasteiger partial charge < -0.3 is 11.1 Å². The lowest BCUT2D eigenvalue weighted by atomic mass is 10.2. The van der Waals surface area contributed by atoms with E-state index in [9.17, 15) is 9.59 Å². The number of primary amides is 1. The second-order valence-electron chi connectivity index (χ2n) is 3.73. The van der Waals surface area contributed by atoms with Crippen molar-refractivity contribution >= 4 is 17.4 Å². The molecule has 2 heterocycles. The molecule has 0 aliphatic rings. The van der Waals surface area contributed by atoms with Crippen molar-refractivity contribution in [1.29, 1.82) is 0 Å². The summed E-state index contributed by atoms with van der Waals surface area (Å²) in [6.07, 6.45) is 0.194. The molecule has 2 rings (SSSR count). The van der Waals surface area contributed by atoms with Crippen LogP contribution in [0, 0.1) is 0 Å². The maximum absolute atomic E-state index is 11.3. The molecular weight excluding hydrogens is 224 g/mol. The fourth-order valence-electron chi connectivity index (χ4n) is 1.49. The fraction of sp³-hybridized carbons (Fsp3) is 0.333. The van der Waals surface area contributed by atoms with Gasteiger partial charge in [-0.3, -0.25) is 4.79 Å². The number of fused-ring (bicyclic) bond motifs is 1. The lowest BCUT2D eigenvalue weighted by Crippen LogP contribution is -2.25. The Kier molecular flexibility index (Phi) is 2.77. The lowest BCUT2D eigenvalue weighted by Gasteiger charge is -2.11. The lowest BCUT2D eigenvalue weighted by molar-refractivity contribution is -0.118. The van der Waals surface area contributed by atoms with Crippen LogP contribution in [0.4, 0.5) is 5.82 Å². The van der Waals surface area contributed by atoms with Crippen LogP contribution in [0.15, 0.2) is 16.9 Å². The first-order chi connectivity index (χ1) is 8.06. The highest BCUT2D eigenvalue weighted by Crippen LogP contribution is 2.06. The van der Waals surface area contributed by atoms with Crippen LogP contribution >= 0.6 is 0 Å². The fourth-order valence-corrected chi connectivity index (χ4v) is 1.49. The van der Waals surface area contributed by atoms with Gasteiger partial charge >= 0.3 is 5.69 Å². The smallest absolute Gasteiger partial charge is 0.364 e. The van der Waals surface area contributed by atoms with Gasteiger partial charge in [0.1, 0.15) is 5.82 Å². The molecule has 90 valence electrons. The van der Waals surface area contributed by atoms with E-state index in [1.54, 1.807) is 19.1 Å². The van der Waals surface area contributed by atoms with Crippen LogP contribution in [0.25, 0.3) is 5.65 Å². The number of nitrogens with two attached hydrogens (primary N) is 1. The zero-order valence-corrected chi connectivity index (χ0v) is 9.17. The van der Waals surface area contributed by atoms with Gasteiger partial charge in [-0.05, 0) is 19.1 Å². The number of aromatic amines is 1. The number of hydrogen-bond acceptors (Lipinski definition) is 5. The van der Waals surface area contributed by atoms with Crippen LogP contribution in [-0.2, 0) is 4.79 Å². The van der Waals surface area contributed by atoms with Crippen molar-refractivity contribution in [2.45, 2.75) is 19.4 Å². The summed E-state index contributed by atoms with van der Waals surface area (Å²) in [5.74, 6) is 0.0845. The molecule has 0 bridgehead atoms. The van der Waals surface area contributed by atoms with Crippen LogP contribution in [0.3, 0.4) is 0 Å². The predicted octanol–water partition coefficient (Wildman–Crippen LogP) is -0.907. The molecule has 0 aliphatic heterocycles. The summed E-state index contributed by atoms with van der Waals surface area (Å²) in [6, 6.07) is 3.16. The van der Waals surface area contributed by atoms with Gasteiger partial charge in [-0.1, -0.05) is 0 Å². The molecule has 0 fully saturated rings. The number of hydrogen-bond donors (Lipinski definition) is 3. The normalized spacial score (nSPS) is 12.5. The number of nitrogens with zero attached hydrogens (tertiary/aromatic N) is 3. The molecule has 0 saturated carbocycles. The van der Waals surface area contributed by atoms with Crippen molar-refractivity contribution in [3.63, 3.8) is 0 Å². The van der Waals surface area contributed by atoms with E-state index in [1.807, 2.05) is 0 Å². The molecule has 0 radical (unpaired) electrons. The molecule has 1 unspecified atom stereocenters. The van der Waals surface area contributed by atoms with Crippen molar-refractivity contribution in [2.24, 2.45) is 5.73 Å². The number of nitrogens with one attached hydrogen (secondary N) is 2. The highest BCUT2D eigenvalue weighted by atomic mass is 16.2. The van der Waals surface area contributed by atoms with Crippen molar-refractivity contribution < 1.29 is 4.79 Å². The highest BCUT2D eigenvalue weighted by molar-refractivity contribution is 5.74. The van der Waals surface area contributed by atoms with Crippen molar-refractivity contribution in [1.82, 2.24) is 19.8 Å². The Labute approximate surface area is 95.8 Å². The number of rotatable bonds is 4. The number of carbonyl (C=O) groups is 1. The largest absolute Gasteiger partial charge is 0.370 e. The van der Waals surface area contributed by atoms with Crippen molar-refractivity contribution in [3.8, 4) is 0 Å². The average molecular weight is 236 g/mol. The third-order valence-electron chi connectivity index (χ3n) is 2.18. The first-order valence-corrected chi connectivity index (χ1v) is 5.05.